The average Bonchev–Trinajstić information content (AvgIpc) is 2.80. The van der Waals surface area contributed by atoms with Crippen LogP contribution >= 0.6 is 0 Å². The first-order valence-electron chi connectivity index (χ1n) is 5.84. The van der Waals surface area contributed by atoms with Crippen LogP contribution in [0.25, 0.3) is 0 Å². The van der Waals surface area contributed by atoms with Crippen molar-refractivity contribution in [3.63, 3.8) is 0 Å². The molecule has 1 atom stereocenters. The van der Waals surface area contributed by atoms with Gasteiger partial charge in [-0.05, 0) is 36.5 Å². The average molecular weight is 244 g/mol. The largest absolute Gasteiger partial charge is 0.416 e. The van der Waals surface area contributed by atoms with Crippen molar-refractivity contribution in [3.8, 4) is 0 Å². The molecule has 1 N–H and O–H groups in total. The van der Waals surface area contributed by atoms with E-state index in [1.807, 2.05) is 0 Å². The van der Waals surface area contributed by atoms with E-state index in [0.717, 1.165) is 37.8 Å². The Labute approximate surface area is 98.3 Å². The van der Waals surface area contributed by atoms with Crippen LogP contribution in [0.3, 0.4) is 0 Å². The lowest BCUT2D eigenvalue weighted by Gasteiger charge is -2.18. The molecular formula is C13H15F3O. The first-order chi connectivity index (χ1) is 7.98. The maximum atomic E-state index is 12.4. The summed E-state index contributed by atoms with van der Waals surface area (Å²) in [6.07, 6.45) is -0.814. The van der Waals surface area contributed by atoms with Gasteiger partial charge < -0.3 is 5.11 Å². The Morgan fingerprint density at radius 2 is 1.59 bits per heavy atom. The summed E-state index contributed by atoms with van der Waals surface area (Å²) in [6, 6.07) is 4.83. The van der Waals surface area contributed by atoms with Crippen LogP contribution < -0.4 is 0 Å². The second kappa shape index (κ2) is 4.69. The van der Waals surface area contributed by atoms with Crippen molar-refractivity contribution in [3.05, 3.63) is 35.4 Å². The molecule has 1 aromatic carbocycles. The highest BCUT2D eigenvalue weighted by atomic mass is 19.4. The van der Waals surface area contributed by atoms with E-state index in [9.17, 15) is 18.3 Å². The number of alkyl halides is 3. The molecule has 1 fully saturated rings. The normalized spacial score (nSPS) is 19.5. The summed E-state index contributed by atoms with van der Waals surface area (Å²) in [6.45, 7) is 0. The van der Waals surface area contributed by atoms with Crippen LogP contribution in [0.4, 0.5) is 13.2 Å². The maximum absolute atomic E-state index is 12.4. The SMILES string of the molecule is O[C@@H](c1ccc(C(F)(F)F)cc1)C1CCCC1. The monoisotopic (exact) mass is 244 g/mol. The van der Waals surface area contributed by atoms with Crippen LogP contribution in [0, 0.1) is 5.92 Å². The van der Waals surface area contributed by atoms with Crippen molar-refractivity contribution >= 4 is 0 Å². The van der Waals surface area contributed by atoms with Crippen LogP contribution in [-0.2, 0) is 6.18 Å². The highest BCUT2D eigenvalue weighted by molar-refractivity contribution is 5.26. The quantitative estimate of drug-likeness (QED) is 0.835. The van der Waals surface area contributed by atoms with Crippen LogP contribution in [0.2, 0.25) is 0 Å². The van der Waals surface area contributed by atoms with Crippen molar-refractivity contribution in [1.29, 1.82) is 0 Å². The van der Waals surface area contributed by atoms with E-state index in [1.54, 1.807) is 0 Å². The second-order valence-corrected chi connectivity index (χ2v) is 4.61. The molecule has 0 radical (unpaired) electrons. The minimum absolute atomic E-state index is 0.201. The van der Waals surface area contributed by atoms with Crippen LogP contribution in [0.5, 0.6) is 0 Å². The highest BCUT2D eigenvalue weighted by Gasteiger charge is 2.31. The molecule has 94 valence electrons. The standard InChI is InChI=1S/C13H15F3O/c14-13(15,16)11-7-5-10(6-8-11)12(17)9-3-1-2-4-9/h5-9,12,17H,1-4H2/t12-/m1/s1. The van der Waals surface area contributed by atoms with Gasteiger partial charge in [-0.25, -0.2) is 0 Å². The van der Waals surface area contributed by atoms with Crippen LogP contribution in [0.1, 0.15) is 42.9 Å². The van der Waals surface area contributed by atoms with E-state index in [4.69, 9.17) is 0 Å². The zero-order valence-corrected chi connectivity index (χ0v) is 9.37. The summed E-state index contributed by atoms with van der Waals surface area (Å²) in [5, 5.41) is 10.0. The van der Waals surface area contributed by atoms with Gasteiger partial charge in [-0.15, -0.1) is 0 Å². The Balaban J connectivity index is 2.12. The number of hydrogen-bond donors (Lipinski definition) is 1. The van der Waals surface area contributed by atoms with E-state index in [0.29, 0.717) is 5.56 Å². The number of aliphatic hydroxyl groups is 1. The molecule has 0 aromatic heterocycles. The number of aliphatic hydroxyl groups excluding tert-OH is 1. The minimum Gasteiger partial charge on any atom is -0.388 e. The molecule has 1 nitrogen and oxygen atoms in total. The third-order valence-corrected chi connectivity index (χ3v) is 3.43. The zero-order chi connectivity index (χ0) is 12.5. The van der Waals surface area contributed by atoms with E-state index in [-0.39, 0.29) is 5.92 Å². The molecule has 0 amide bonds. The minimum atomic E-state index is -4.31. The molecule has 0 unspecified atom stereocenters. The molecule has 0 bridgehead atoms. The fraction of sp³-hybridized carbons (Fsp3) is 0.538. The molecule has 1 saturated carbocycles. The van der Waals surface area contributed by atoms with Gasteiger partial charge in [-0.1, -0.05) is 25.0 Å². The molecule has 1 aliphatic rings. The summed E-state index contributed by atoms with van der Waals surface area (Å²) >= 11 is 0. The van der Waals surface area contributed by atoms with Gasteiger partial charge in [0.15, 0.2) is 0 Å². The van der Waals surface area contributed by atoms with Crippen molar-refractivity contribution in [1.82, 2.24) is 0 Å². The van der Waals surface area contributed by atoms with Gasteiger partial charge in [0.25, 0.3) is 0 Å². The lowest BCUT2D eigenvalue weighted by Crippen LogP contribution is -2.10. The maximum Gasteiger partial charge on any atom is 0.416 e. The summed E-state index contributed by atoms with van der Waals surface area (Å²) in [5.74, 6) is 0.201. The van der Waals surface area contributed by atoms with Crippen LogP contribution in [-0.4, -0.2) is 5.11 Å². The Hall–Kier alpha value is -1.03. The van der Waals surface area contributed by atoms with Gasteiger partial charge in [-0.2, -0.15) is 13.2 Å². The van der Waals surface area contributed by atoms with Gasteiger partial charge in [0.1, 0.15) is 0 Å². The first kappa shape index (κ1) is 12.4. The fourth-order valence-electron chi connectivity index (χ4n) is 2.41. The molecular weight excluding hydrogens is 229 g/mol. The summed E-state index contributed by atoms with van der Waals surface area (Å²) in [4.78, 5) is 0. The summed E-state index contributed by atoms with van der Waals surface area (Å²) in [7, 11) is 0. The second-order valence-electron chi connectivity index (χ2n) is 4.61. The molecule has 0 heterocycles. The highest BCUT2D eigenvalue weighted by Crippen LogP contribution is 2.36. The molecule has 1 aromatic rings. The topological polar surface area (TPSA) is 20.2 Å². The lowest BCUT2D eigenvalue weighted by molar-refractivity contribution is -0.137. The molecule has 17 heavy (non-hydrogen) atoms. The Bertz CT molecular complexity index is 363. The fourth-order valence-corrected chi connectivity index (χ4v) is 2.41. The van der Waals surface area contributed by atoms with E-state index < -0.39 is 17.8 Å². The third kappa shape index (κ3) is 2.80. The van der Waals surface area contributed by atoms with E-state index >= 15 is 0 Å². The summed E-state index contributed by atoms with van der Waals surface area (Å²) < 4.78 is 37.1. The zero-order valence-electron chi connectivity index (χ0n) is 9.37. The van der Waals surface area contributed by atoms with Gasteiger partial charge in [0, 0.05) is 0 Å². The molecule has 2 rings (SSSR count). The van der Waals surface area contributed by atoms with Gasteiger partial charge >= 0.3 is 6.18 Å². The van der Waals surface area contributed by atoms with E-state index in [2.05, 4.69) is 0 Å². The Morgan fingerprint density at radius 1 is 1.06 bits per heavy atom. The predicted molar refractivity (Wildman–Crippen MR) is 58.4 cm³/mol. The van der Waals surface area contributed by atoms with E-state index in [1.165, 1.54) is 12.1 Å². The number of rotatable bonds is 2. The number of halogens is 3. The molecule has 0 aliphatic heterocycles. The third-order valence-electron chi connectivity index (χ3n) is 3.43. The van der Waals surface area contributed by atoms with Crippen molar-refractivity contribution < 1.29 is 18.3 Å². The van der Waals surface area contributed by atoms with Gasteiger partial charge in [-0.3, -0.25) is 0 Å². The molecule has 0 spiro atoms. The molecule has 4 heteroatoms. The smallest absolute Gasteiger partial charge is 0.388 e. The number of hydrogen-bond acceptors (Lipinski definition) is 1. The van der Waals surface area contributed by atoms with Gasteiger partial charge in [0.05, 0.1) is 11.7 Å². The number of benzene rings is 1. The van der Waals surface area contributed by atoms with Gasteiger partial charge in [0.2, 0.25) is 0 Å². The Morgan fingerprint density at radius 3 is 2.06 bits per heavy atom. The Kier molecular flexibility index (Phi) is 3.43. The first-order valence-corrected chi connectivity index (χ1v) is 5.84. The predicted octanol–water partition coefficient (Wildman–Crippen LogP) is 3.93. The van der Waals surface area contributed by atoms with Crippen molar-refractivity contribution in [2.24, 2.45) is 5.92 Å². The van der Waals surface area contributed by atoms with Crippen molar-refractivity contribution in [2.45, 2.75) is 38.0 Å². The van der Waals surface area contributed by atoms with Crippen LogP contribution in [0.15, 0.2) is 24.3 Å². The molecule has 0 saturated heterocycles. The van der Waals surface area contributed by atoms with Crippen molar-refractivity contribution in [2.75, 3.05) is 0 Å². The summed E-state index contributed by atoms with van der Waals surface area (Å²) in [5.41, 5.74) is -0.0789. The lowest BCUT2D eigenvalue weighted by atomic mass is 9.94. The molecule has 1 aliphatic carbocycles.